The van der Waals surface area contributed by atoms with Gasteiger partial charge in [-0.05, 0) is 25.1 Å². The molecule has 0 aromatic carbocycles. The van der Waals surface area contributed by atoms with E-state index < -0.39 is 0 Å². The summed E-state index contributed by atoms with van der Waals surface area (Å²) in [6, 6.07) is 3.99. The molecule has 1 rings (SSSR count). The molecule has 1 aromatic rings. The summed E-state index contributed by atoms with van der Waals surface area (Å²) >= 11 is 0. The van der Waals surface area contributed by atoms with E-state index in [1.807, 2.05) is 31.1 Å². The SMILES string of the molecule is CCCNCc1ccc(N(C)C)nn1. The van der Waals surface area contributed by atoms with Crippen LogP contribution in [0.2, 0.25) is 0 Å². The fraction of sp³-hybridized carbons (Fsp3) is 0.600. The molecule has 0 aliphatic heterocycles. The first-order valence-corrected chi connectivity index (χ1v) is 4.94. The molecule has 0 saturated carbocycles. The highest BCUT2D eigenvalue weighted by molar-refractivity contribution is 5.34. The van der Waals surface area contributed by atoms with Gasteiger partial charge in [0, 0.05) is 20.6 Å². The van der Waals surface area contributed by atoms with Crippen molar-refractivity contribution in [3.05, 3.63) is 17.8 Å². The molecule has 0 fully saturated rings. The minimum absolute atomic E-state index is 0.800. The van der Waals surface area contributed by atoms with Crippen molar-refractivity contribution < 1.29 is 0 Å². The van der Waals surface area contributed by atoms with E-state index in [0.717, 1.165) is 31.0 Å². The molecule has 1 aromatic heterocycles. The summed E-state index contributed by atoms with van der Waals surface area (Å²) in [6.45, 7) is 3.97. The number of nitrogens with one attached hydrogen (secondary N) is 1. The van der Waals surface area contributed by atoms with Crippen molar-refractivity contribution in [2.24, 2.45) is 0 Å². The van der Waals surface area contributed by atoms with Gasteiger partial charge in [0.1, 0.15) is 0 Å². The lowest BCUT2D eigenvalue weighted by Gasteiger charge is -2.10. The fourth-order valence-corrected chi connectivity index (χ4v) is 1.08. The van der Waals surface area contributed by atoms with Crippen LogP contribution in [0.5, 0.6) is 0 Å². The topological polar surface area (TPSA) is 41.0 Å². The van der Waals surface area contributed by atoms with E-state index in [1.54, 1.807) is 0 Å². The van der Waals surface area contributed by atoms with Gasteiger partial charge in [0.2, 0.25) is 0 Å². The number of rotatable bonds is 5. The van der Waals surface area contributed by atoms with Crippen molar-refractivity contribution >= 4 is 5.82 Å². The average Bonchev–Trinajstić information content (AvgIpc) is 2.19. The predicted molar refractivity (Wildman–Crippen MR) is 58.4 cm³/mol. The van der Waals surface area contributed by atoms with Gasteiger partial charge in [-0.2, -0.15) is 5.10 Å². The lowest BCUT2D eigenvalue weighted by atomic mass is 10.3. The van der Waals surface area contributed by atoms with Crippen molar-refractivity contribution in [1.82, 2.24) is 15.5 Å². The first kappa shape index (κ1) is 10.9. The minimum atomic E-state index is 0.800. The van der Waals surface area contributed by atoms with Gasteiger partial charge in [0.25, 0.3) is 0 Å². The molecular weight excluding hydrogens is 176 g/mol. The fourth-order valence-electron chi connectivity index (χ4n) is 1.08. The molecule has 1 heterocycles. The highest BCUT2D eigenvalue weighted by Gasteiger charge is 1.98. The second-order valence-corrected chi connectivity index (χ2v) is 3.45. The zero-order chi connectivity index (χ0) is 10.4. The maximum absolute atomic E-state index is 4.12. The molecule has 4 nitrogen and oxygen atoms in total. The Hall–Kier alpha value is -1.16. The first-order chi connectivity index (χ1) is 6.74. The van der Waals surface area contributed by atoms with Crippen LogP contribution >= 0.6 is 0 Å². The quantitative estimate of drug-likeness (QED) is 0.711. The summed E-state index contributed by atoms with van der Waals surface area (Å²) in [5.74, 6) is 0.893. The molecule has 0 saturated heterocycles. The monoisotopic (exact) mass is 194 g/mol. The van der Waals surface area contributed by atoms with E-state index >= 15 is 0 Å². The molecule has 78 valence electrons. The second kappa shape index (κ2) is 5.54. The van der Waals surface area contributed by atoms with E-state index in [1.165, 1.54) is 0 Å². The van der Waals surface area contributed by atoms with Gasteiger partial charge in [0.05, 0.1) is 5.69 Å². The molecule has 4 heteroatoms. The summed E-state index contributed by atoms with van der Waals surface area (Å²) in [7, 11) is 3.91. The minimum Gasteiger partial charge on any atom is -0.361 e. The molecular formula is C10H18N4. The molecule has 14 heavy (non-hydrogen) atoms. The van der Waals surface area contributed by atoms with Gasteiger partial charge >= 0.3 is 0 Å². The second-order valence-electron chi connectivity index (χ2n) is 3.45. The highest BCUT2D eigenvalue weighted by atomic mass is 15.2. The van der Waals surface area contributed by atoms with Gasteiger partial charge in [-0.1, -0.05) is 6.92 Å². The standard InChI is InChI=1S/C10H18N4/c1-4-7-11-8-9-5-6-10(13-12-9)14(2)3/h5-6,11H,4,7-8H2,1-3H3. The number of hydrogen-bond donors (Lipinski definition) is 1. The van der Waals surface area contributed by atoms with Gasteiger partial charge in [0.15, 0.2) is 5.82 Å². The van der Waals surface area contributed by atoms with Crippen LogP contribution in [0, 0.1) is 0 Å². The third kappa shape index (κ3) is 3.30. The lowest BCUT2D eigenvalue weighted by Crippen LogP contribution is -2.16. The van der Waals surface area contributed by atoms with Crippen LogP contribution in [0.3, 0.4) is 0 Å². The number of hydrogen-bond acceptors (Lipinski definition) is 4. The molecule has 0 atom stereocenters. The molecule has 0 amide bonds. The Morgan fingerprint density at radius 2 is 2.07 bits per heavy atom. The Bertz CT molecular complexity index is 255. The van der Waals surface area contributed by atoms with E-state index in [4.69, 9.17) is 0 Å². The molecule has 0 spiro atoms. The average molecular weight is 194 g/mol. The molecule has 0 unspecified atom stereocenters. The van der Waals surface area contributed by atoms with Crippen molar-refractivity contribution in [2.45, 2.75) is 19.9 Å². The smallest absolute Gasteiger partial charge is 0.150 e. The van der Waals surface area contributed by atoms with Crippen LogP contribution in [-0.4, -0.2) is 30.8 Å². The van der Waals surface area contributed by atoms with Crippen LogP contribution < -0.4 is 10.2 Å². The first-order valence-electron chi connectivity index (χ1n) is 4.94. The Morgan fingerprint density at radius 3 is 2.57 bits per heavy atom. The van der Waals surface area contributed by atoms with Crippen LogP contribution in [0.4, 0.5) is 5.82 Å². The van der Waals surface area contributed by atoms with E-state index in [2.05, 4.69) is 22.4 Å². The van der Waals surface area contributed by atoms with E-state index in [9.17, 15) is 0 Å². The Kier molecular flexibility index (Phi) is 4.32. The van der Waals surface area contributed by atoms with Gasteiger partial charge in [-0.25, -0.2) is 0 Å². The maximum atomic E-state index is 4.12. The Labute approximate surface area is 85.3 Å². The van der Waals surface area contributed by atoms with Crippen LogP contribution in [0.1, 0.15) is 19.0 Å². The maximum Gasteiger partial charge on any atom is 0.150 e. The zero-order valence-corrected chi connectivity index (χ0v) is 9.12. The van der Waals surface area contributed by atoms with Crippen molar-refractivity contribution in [2.75, 3.05) is 25.5 Å². The summed E-state index contributed by atoms with van der Waals surface area (Å²) in [6.07, 6.45) is 1.14. The van der Waals surface area contributed by atoms with Gasteiger partial charge in [-0.3, -0.25) is 0 Å². The van der Waals surface area contributed by atoms with Crippen LogP contribution in [0.25, 0.3) is 0 Å². The van der Waals surface area contributed by atoms with Crippen molar-refractivity contribution in [3.63, 3.8) is 0 Å². The predicted octanol–water partition coefficient (Wildman–Crippen LogP) is 1.04. The third-order valence-corrected chi connectivity index (χ3v) is 1.90. The van der Waals surface area contributed by atoms with Gasteiger partial charge in [-0.15, -0.1) is 5.10 Å². The zero-order valence-electron chi connectivity index (χ0n) is 9.12. The lowest BCUT2D eigenvalue weighted by molar-refractivity contribution is 0.656. The summed E-state index contributed by atoms with van der Waals surface area (Å²) in [5, 5.41) is 11.5. The van der Waals surface area contributed by atoms with Crippen LogP contribution in [-0.2, 0) is 6.54 Å². The molecule has 1 N–H and O–H groups in total. The number of nitrogens with zero attached hydrogens (tertiary/aromatic N) is 3. The van der Waals surface area contributed by atoms with Gasteiger partial charge < -0.3 is 10.2 Å². The highest BCUT2D eigenvalue weighted by Crippen LogP contribution is 2.04. The summed E-state index contributed by atoms with van der Waals surface area (Å²) < 4.78 is 0. The normalized spacial score (nSPS) is 10.2. The third-order valence-electron chi connectivity index (χ3n) is 1.90. The molecule has 0 aliphatic rings. The number of aromatic nitrogens is 2. The van der Waals surface area contributed by atoms with E-state index in [-0.39, 0.29) is 0 Å². The molecule has 0 aliphatic carbocycles. The Balaban J connectivity index is 2.47. The largest absolute Gasteiger partial charge is 0.361 e. The Morgan fingerprint density at radius 1 is 1.29 bits per heavy atom. The van der Waals surface area contributed by atoms with Crippen LogP contribution in [0.15, 0.2) is 12.1 Å². The van der Waals surface area contributed by atoms with Crippen molar-refractivity contribution in [1.29, 1.82) is 0 Å². The number of anilines is 1. The van der Waals surface area contributed by atoms with E-state index in [0.29, 0.717) is 0 Å². The molecule has 0 bridgehead atoms. The molecule has 0 radical (unpaired) electrons. The summed E-state index contributed by atoms with van der Waals surface area (Å²) in [5.41, 5.74) is 0.990. The summed E-state index contributed by atoms with van der Waals surface area (Å²) in [4.78, 5) is 1.94. The van der Waals surface area contributed by atoms with Crippen molar-refractivity contribution in [3.8, 4) is 0 Å².